The Kier molecular flexibility index (Phi) is 3.88. The second kappa shape index (κ2) is 4.80. The second-order valence-corrected chi connectivity index (χ2v) is 5.90. The molecule has 0 aliphatic rings. The topological polar surface area (TPSA) is 73.6 Å². The number of hydrogen-bond donors (Lipinski definition) is 0. The zero-order valence-corrected chi connectivity index (χ0v) is 10.2. The molecule has 1 atom stereocenters. The number of methoxy groups -OCH3 is 1. The highest BCUT2D eigenvalue weighted by Crippen LogP contribution is 2.14. The average molecular weight is 246 g/mol. The first-order chi connectivity index (χ1) is 7.36. The Hall–Kier alpha value is -1.14. The van der Waals surface area contributed by atoms with Crippen molar-refractivity contribution in [3.63, 3.8) is 0 Å². The third-order valence-electron chi connectivity index (χ3n) is 2.20. The summed E-state index contributed by atoms with van der Waals surface area (Å²) in [6, 6.07) is 3.05. The molecule has 0 aliphatic heterocycles. The van der Waals surface area contributed by atoms with E-state index < -0.39 is 20.9 Å². The fourth-order valence-corrected chi connectivity index (χ4v) is 1.63. The molecular weight excluding hydrogens is 232 g/mol. The normalized spacial score (nSPS) is 13.7. The molecule has 0 N–H and O–H groups in total. The summed E-state index contributed by atoms with van der Waals surface area (Å²) in [5, 5.41) is -1.09. The first-order valence-electron chi connectivity index (χ1n) is 4.67. The van der Waals surface area contributed by atoms with Gasteiger partial charge in [0.05, 0.1) is 0 Å². The summed E-state index contributed by atoms with van der Waals surface area (Å²) in [6.45, 7) is 1.59. The number of ether oxygens (including phenoxy) is 1. The van der Waals surface area contributed by atoms with E-state index in [9.17, 15) is 13.2 Å². The maximum Gasteiger partial charge on any atom is 0.215 e. The van der Waals surface area contributed by atoms with Gasteiger partial charge in [0.2, 0.25) is 5.78 Å². The lowest BCUT2D eigenvalue weighted by Crippen LogP contribution is -2.25. The molecule has 0 spiro atoms. The molecule has 0 aromatic carbocycles. The third kappa shape index (κ3) is 2.93. The van der Waals surface area contributed by atoms with Crippen molar-refractivity contribution in [2.24, 2.45) is 0 Å². The van der Waals surface area contributed by atoms with E-state index in [4.69, 9.17) is 9.15 Å². The van der Waals surface area contributed by atoms with Crippen molar-refractivity contribution in [1.29, 1.82) is 0 Å². The predicted molar refractivity (Wildman–Crippen MR) is 58.1 cm³/mol. The van der Waals surface area contributed by atoms with Gasteiger partial charge in [0, 0.05) is 13.4 Å². The lowest BCUT2D eigenvalue weighted by atomic mass is 10.2. The number of furan rings is 1. The van der Waals surface area contributed by atoms with Gasteiger partial charge in [-0.2, -0.15) is 0 Å². The van der Waals surface area contributed by atoms with E-state index >= 15 is 0 Å². The summed E-state index contributed by atoms with van der Waals surface area (Å²) in [4.78, 5) is 11.7. The fourth-order valence-electron chi connectivity index (χ4n) is 1.12. The monoisotopic (exact) mass is 246 g/mol. The van der Waals surface area contributed by atoms with Gasteiger partial charge < -0.3 is 9.15 Å². The number of sulfone groups is 1. The molecule has 0 saturated carbocycles. The van der Waals surface area contributed by atoms with Gasteiger partial charge in [-0.05, 0) is 19.1 Å². The number of carbonyl (C=O) groups is 1. The minimum atomic E-state index is -3.39. The van der Waals surface area contributed by atoms with Gasteiger partial charge in [0.15, 0.2) is 15.6 Å². The van der Waals surface area contributed by atoms with Gasteiger partial charge in [-0.15, -0.1) is 0 Å². The van der Waals surface area contributed by atoms with Crippen LogP contribution in [0, 0.1) is 0 Å². The van der Waals surface area contributed by atoms with Crippen LogP contribution in [0.2, 0.25) is 0 Å². The number of hydrogen-bond acceptors (Lipinski definition) is 5. The number of ketones is 1. The molecule has 1 aromatic heterocycles. The van der Waals surface area contributed by atoms with E-state index in [0.717, 1.165) is 6.26 Å². The molecule has 0 bridgehead atoms. The number of rotatable bonds is 5. The highest BCUT2D eigenvalue weighted by atomic mass is 32.2. The average Bonchev–Trinajstić information content (AvgIpc) is 2.63. The van der Waals surface area contributed by atoms with E-state index in [2.05, 4.69) is 0 Å². The van der Waals surface area contributed by atoms with Gasteiger partial charge in [0.25, 0.3) is 0 Å². The molecule has 0 fully saturated rings. The summed E-state index contributed by atoms with van der Waals surface area (Å²) in [5.41, 5.74) is 0. The van der Waals surface area contributed by atoms with Gasteiger partial charge in [-0.25, -0.2) is 8.42 Å². The highest BCUT2D eigenvalue weighted by molar-refractivity contribution is 7.92. The Bertz CT molecular complexity index is 471. The fraction of sp³-hybridized carbons (Fsp3) is 0.500. The maximum absolute atomic E-state index is 11.7. The Morgan fingerprint density at radius 1 is 1.50 bits per heavy atom. The van der Waals surface area contributed by atoms with Crippen LogP contribution in [0.15, 0.2) is 16.5 Å². The van der Waals surface area contributed by atoms with Crippen LogP contribution in [0.5, 0.6) is 0 Å². The van der Waals surface area contributed by atoms with Crippen molar-refractivity contribution >= 4 is 15.6 Å². The van der Waals surface area contributed by atoms with E-state index in [1.54, 1.807) is 6.07 Å². The molecular formula is C10H14O5S. The van der Waals surface area contributed by atoms with Crippen LogP contribution in [0.3, 0.4) is 0 Å². The Balaban J connectivity index is 2.88. The summed E-state index contributed by atoms with van der Waals surface area (Å²) in [7, 11) is -1.89. The molecule has 1 unspecified atom stereocenters. The van der Waals surface area contributed by atoms with Crippen molar-refractivity contribution in [3.8, 4) is 0 Å². The van der Waals surface area contributed by atoms with Crippen LogP contribution in [0.1, 0.15) is 23.2 Å². The Labute approximate surface area is 94.3 Å². The van der Waals surface area contributed by atoms with E-state index in [1.165, 1.54) is 20.1 Å². The molecule has 16 heavy (non-hydrogen) atoms. The summed E-state index contributed by atoms with van der Waals surface area (Å²) < 4.78 is 32.4. The molecule has 0 amide bonds. The molecule has 6 heteroatoms. The van der Waals surface area contributed by atoms with Crippen LogP contribution in [-0.2, 0) is 21.2 Å². The zero-order valence-electron chi connectivity index (χ0n) is 9.39. The van der Waals surface area contributed by atoms with Crippen LogP contribution >= 0.6 is 0 Å². The quantitative estimate of drug-likeness (QED) is 0.726. The highest BCUT2D eigenvalue weighted by Gasteiger charge is 2.27. The van der Waals surface area contributed by atoms with Crippen LogP contribution in [0.25, 0.3) is 0 Å². The Morgan fingerprint density at radius 3 is 2.62 bits per heavy atom. The standard InChI is InChI=1S/C10H14O5S/c1-7(16(3,12)13)10(11)9-5-4-8(15-9)6-14-2/h4-5,7H,6H2,1-3H3. The van der Waals surface area contributed by atoms with Crippen molar-refractivity contribution in [1.82, 2.24) is 0 Å². The SMILES string of the molecule is COCc1ccc(C(=O)C(C)S(C)(=O)=O)o1. The summed E-state index contributed by atoms with van der Waals surface area (Å²) >= 11 is 0. The van der Waals surface area contributed by atoms with Crippen LogP contribution in [-0.4, -0.2) is 32.8 Å². The van der Waals surface area contributed by atoms with Crippen LogP contribution in [0.4, 0.5) is 0 Å². The van der Waals surface area contributed by atoms with Gasteiger partial charge in [-0.3, -0.25) is 4.79 Å². The van der Waals surface area contributed by atoms with Crippen molar-refractivity contribution in [2.45, 2.75) is 18.8 Å². The van der Waals surface area contributed by atoms with Crippen molar-refractivity contribution in [2.75, 3.05) is 13.4 Å². The lowest BCUT2D eigenvalue weighted by Gasteiger charge is -2.05. The third-order valence-corrected chi connectivity index (χ3v) is 3.70. The van der Waals surface area contributed by atoms with Crippen molar-refractivity contribution in [3.05, 3.63) is 23.7 Å². The molecule has 1 aromatic rings. The molecule has 0 aliphatic carbocycles. The summed E-state index contributed by atoms with van der Waals surface area (Å²) in [5.74, 6) is 0.00128. The molecule has 1 rings (SSSR count). The molecule has 0 radical (unpaired) electrons. The molecule has 1 heterocycles. The number of Topliss-reactive ketones (excluding diaryl/α,β-unsaturated/α-hetero) is 1. The van der Waals surface area contributed by atoms with Crippen molar-refractivity contribution < 1.29 is 22.4 Å². The van der Waals surface area contributed by atoms with Gasteiger partial charge in [0.1, 0.15) is 17.6 Å². The largest absolute Gasteiger partial charge is 0.455 e. The van der Waals surface area contributed by atoms with Gasteiger partial charge >= 0.3 is 0 Å². The van der Waals surface area contributed by atoms with Crippen LogP contribution < -0.4 is 0 Å². The minimum absolute atomic E-state index is 0.0463. The molecule has 0 saturated heterocycles. The number of carbonyl (C=O) groups excluding carboxylic acids is 1. The van der Waals surface area contributed by atoms with E-state index in [0.29, 0.717) is 5.76 Å². The Morgan fingerprint density at radius 2 is 2.12 bits per heavy atom. The molecule has 5 nitrogen and oxygen atoms in total. The first-order valence-corrected chi connectivity index (χ1v) is 6.62. The maximum atomic E-state index is 11.7. The zero-order chi connectivity index (χ0) is 12.3. The minimum Gasteiger partial charge on any atom is -0.455 e. The van der Waals surface area contributed by atoms with E-state index in [1.807, 2.05) is 0 Å². The van der Waals surface area contributed by atoms with Gasteiger partial charge in [-0.1, -0.05) is 0 Å². The summed E-state index contributed by atoms with van der Waals surface area (Å²) in [6.07, 6.45) is 1.02. The first kappa shape index (κ1) is 12.9. The molecule has 90 valence electrons. The lowest BCUT2D eigenvalue weighted by molar-refractivity contribution is 0.0956. The van der Waals surface area contributed by atoms with E-state index in [-0.39, 0.29) is 12.4 Å². The predicted octanol–water partition coefficient (Wildman–Crippen LogP) is 1.04. The smallest absolute Gasteiger partial charge is 0.215 e. The second-order valence-electron chi connectivity index (χ2n) is 3.53.